The van der Waals surface area contributed by atoms with Crippen molar-refractivity contribution in [3.63, 3.8) is 0 Å². The number of aromatic nitrogens is 3. The standard InChI is InChI=1S/C18H23N5O2/c1-13(2)23-11-17(20-21-23)18(24)6-7-22(12-18)10-14-4-5-16(25-3)15(8-14)9-19/h4-5,8,11,13,24H,6-7,10,12H2,1-3H3/t18-/m1/s1. The van der Waals surface area contributed by atoms with Crippen LogP contribution in [0.4, 0.5) is 0 Å². The average Bonchev–Trinajstić information content (AvgIpc) is 3.23. The van der Waals surface area contributed by atoms with Crippen molar-refractivity contribution < 1.29 is 9.84 Å². The maximum absolute atomic E-state index is 11.0. The van der Waals surface area contributed by atoms with Crippen LogP contribution in [-0.4, -0.2) is 45.2 Å². The van der Waals surface area contributed by atoms with Crippen LogP contribution in [0.5, 0.6) is 5.75 Å². The monoisotopic (exact) mass is 341 g/mol. The summed E-state index contributed by atoms with van der Waals surface area (Å²) in [6.45, 7) is 5.98. The lowest BCUT2D eigenvalue weighted by Gasteiger charge is -2.21. The van der Waals surface area contributed by atoms with Gasteiger partial charge in [-0.1, -0.05) is 11.3 Å². The molecule has 0 spiro atoms. The van der Waals surface area contributed by atoms with Crippen LogP contribution in [0.15, 0.2) is 24.4 Å². The van der Waals surface area contributed by atoms with Gasteiger partial charge in [0.15, 0.2) is 0 Å². The predicted octanol–water partition coefficient (Wildman–Crippen LogP) is 1.83. The summed E-state index contributed by atoms with van der Waals surface area (Å²) in [6, 6.07) is 7.97. The van der Waals surface area contributed by atoms with Crippen molar-refractivity contribution in [2.24, 2.45) is 0 Å². The van der Waals surface area contributed by atoms with Crippen LogP contribution in [-0.2, 0) is 12.1 Å². The lowest BCUT2D eigenvalue weighted by Crippen LogP contribution is -2.31. The van der Waals surface area contributed by atoms with Gasteiger partial charge in [-0.2, -0.15) is 5.26 Å². The lowest BCUT2D eigenvalue weighted by molar-refractivity contribution is 0.0408. The fraction of sp³-hybridized carbons (Fsp3) is 0.500. The highest BCUT2D eigenvalue weighted by atomic mass is 16.5. The number of methoxy groups -OCH3 is 1. The first-order chi connectivity index (χ1) is 11.9. The van der Waals surface area contributed by atoms with Crippen LogP contribution in [0.2, 0.25) is 0 Å². The summed E-state index contributed by atoms with van der Waals surface area (Å²) < 4.78 is 6.94. The first-order valence-corrected chi connectivity index (χ1v) is 8.39. The van der Waals surface area contributed by atoms with Crippen molar-refractivity contribution in [2.45, 2.75) is 38.5 Å². The molecule has 0 amide bonds. The Morgan fingerprint density at radius 1 is 1.44 bits per heavy atom. The van der Waals surface area contributed by atoms with Gasteiger partial charge in [0, 0.05) is 25.7 Å². The molecule has 1 aromatic carbocycles. The van der Waals surface area contributed by atoms with Gasteiger partial charge in [0.25, 0.3) is 0 Å². The van der Waals surface area contributed by atoms with Crippen molar-refractivity contribution in [3.05, 3.63) is 41.2 Å². The number of nitriles is 1. The maximum Gasteiger partial charge on any atom is 0.136 e. The van der Waals surface area contributed by atoms with Gasteiger partial charge in [0.05, 0.1) is 18.9 Å². The van der Waals surface area contributed by atoms with Crippen molar-refractivity contribution in [3.8, 4) is 11.8 Å². The van der Waals surface area contributed by atoms with Crippen LogP contribution >= 0.6 is 0 Å². The van der Waals surface area contributed by atoms with Crippen LogP contribution in [0.1, 0.15) is 43.1 Å². The Hall–Kier alpha value is -2.43. The fourth-order valence-corrected chi connectivity index (χ4v) is 3.16. The van der Waals surface area contributed by atoms with Crippen LogP contribution in [0, 0.1) is 11.3 Å². The summed E-state index contributed by atoms with van der Waals surface area (Å²) in [7, 11) is 1.56. The fourth-order valence-electron chi connectivity index (χ4n) is 3.16. The molecule has 0 unspecified atom stereocenters. The Bertz CT molecular complexity index is 795. The molecule has 2 aromatic rings. The number of benzene rings is 1. The molecule has 3 rings (SSSR count). The van der Waals surface area contributed by atoms with E-state index < -0.39 is 5.60 Å². The summed E-state index contributed by atoms with van der Waals surface area (Å²) in [6.07, 6.45) is 2.44. The number of β-amino-alcohol motifs (C(OH)–C–C–N with tert-alkyl or cyclic N) is 1. The van der Waals surface area contributed by atoms with E-state index in [0.717, 1.165) is 12.1 Å². The Labute approximate surface area is 147 Å². The molecule has 1 atom stereocenters. The minimum atomic E-state index is -0.975. The molecular weight excluding hydrogens is 318 g/mol. The Morgan fingerprint density at radius 2 is 2.24 bits per heavy atom. The topological polar surface area (TPSA) is 87.2 Å². The second-order valence-corrected chi connectivity index (χ2v) is 6.82. The van der Waals surface area contributed by atoms with Crippen molar-refractivity contribution in [1.29, 1.82) is 5.26 Å². The average molecular weight is 341 g/mol. The van der Waals surface area contributed by atoms with Crippen LogP contribution in [0.3, 0.4) is 0 Å². The quantitative estimate of drug-likeness (QED) is 0.893. The lowest BCUT2D eigenvalue weighted by atomic mass is 10.00. The molecule has 2 heterocycles. The van der Waals surface area contributed by atoms with Crippen LogP contribution < -0.4 is 4.74 Å². The van der Waals surface area contributed by atoms with E-state index in [2.05, 4.69) is 21.3 Å². The Kier molecular flexibility index (Phi) is 4.75. The second-order valence-electron chi connectivity index (χ2n) is 6.82. The summed E-state index contributed by atoms with van der Waals surface area (Å²) in [4.78, 5) is 2.16. The van der Waals surface area contributed by atoms with E-state index >= 15 is 0 Å². The third-order valence-corrected chi connectivity index (χ3v) is 4.63. The maximum atomic E-state index is 11.0. The molecule has 132 valence electrons. The zero-order valence-corrected chi connectivity index (χ0v) is 14.8. The van der Waals surface area contributed by atoms with E-state index in [0.29, 0.717) is 36.5 Å². The third-order valence-electron chi connectivity index (χ3n) is 4.63. The summed E-state index contributed by atoms with van der Waals surface area (Å²) >= 11 is 0. The van der Waals surface area contributed by atoms with E-state index in [1.54, 1.807) is 11.8 Å². The first-order valence-electron chi connectivity index (χ1n) is 8.39. The van der Waals surface area contributed by atoms with Crippen molar-refractivity contribution >= 4 is 0 Å². The molecule has 0 saturated carbocycles. The predicted molar refractivity (Wildman–Crippen MR) is 91.9 cm³/mol. The Balaban J connectivity index is 1.71. The molecular formula is C18H23N5O2. The highest BCUT2D eigenvalue weighted by molar-refractivity contribution is 5.45. The third kappa shape index (κ3) is 3.50. The molecule has 7 heteroatoms. The number of hydrogen-bond acceptors (Lipinski definition) is 6. The molecule has 7 nitrogen and oxygen atoms in total. The SMILES string of the molecule is COc1ccc(CN2CC[C@](O)(c3cn(C(C)C)nn3)C2)cc1C#N. The number of nitrogens with zero attached hydrogens (tertiary/aromatic N) is 5. The molecule has 0 aliphatic carbocycles. The first kappa shape index (κ1) is 17.4. The number of likely N-dealkylation sites (tertiary alicyclic amines) is 1. The van der Waals surface area contributed by atoms with Gasteiger partial charge in [-0.15, -0.1) is 5.10 Å². The number of rotatable bonds is 5. The highest BCUT2D eigenvalue weighted by Crippen LogP contribution is 2.32. The second kappa shape index (κ2) is 6.82. The van der Waals surface area contributed by atoms with E-state index in [-0.39, 0.29) is 6.04 Å². The van der Waals surface area contributed by atoms with E-state index in [1.165, 1.54) is 0 Å². The molecule has 1 fully saturated rings. The minimum Gasteiger partial charge on any atom is -0.495 e. The van der Waals surface area contributed by atoms with Gasteiger partial charge in [0.2, 0.25) is 0 Å². The van der Waals surface area contributed by atoms with E-state index in [4.69, 9.17) is 4.74 Å². The summed E-state index contributed by atoms with van der Waals surface area (Å²) in [5.41, 5.74) is 1.19. The molecule has 25 heavy (non-hydrogen) atoms. The van der Waals surface area contributed by atoms with Gasteiger partial charge in [-0.25, -0.2) is 4.68 Å². The zero-order valence-electron chi connectivity index (χ0n) is 14.8. The van der Waals surface area contributed by atoms with Gasteiger partial charge in [-0.05, 0) is 38.0 Å². The van der Waals surface area contributed by atoms with Crippen molar-refractivity contribution in [2.75, 3.05) is 20.2 Å². The molecule has 0 radical (unpaired) electrons. The van der Waals surface area contributed by atoms with Crippen molar-refractivity contribution in [1.82, 2.24) is 19.9 Å². The highest BCUT2D eigenvalue weighted by Gasteiger charge is 2.40. The molecule has 1 aliphatic rings. The smallest absolute Gasteiger partial charge is 0.136 e. The largest absolute Gasteiger partial charge is 0.495 e. The minimum absolute atomic E-state index is 0.214. The number of aliphatic hydroxyl groups is 1. The molecule has 1 saturated heterocycles. The molecule has 1 N–H and O–H groups in total. The summed E-state index contributed by atoms with van der Waals surface area (Å²) in [5.74, 6) is 0.578. The summed E-state index contributed by atoms with van der Waals surface area (Å²) in [5, 5.41) is 28.4. The number of ether oxygens (including phenoxy) is 1. The Morgan fingerprint density at radius 3 is 2.88 bits per heavy atom. The van der Waals surface area contributed by atoms with Gasteiger partial charge in [0.1, 0.15) is 23.1 Å². The van der Waals surface area contributed by atoms with Gasteiger partial charge >= 0.3 is 0 Å². The molecule has 0 bridgehead atoms. The molecule has 1 aromatic heterocycles. The number of hydrogen-bond donors (Lipinski definition) is 1. The van der Waals surface area contributed by atoms with Gasteiger partial charge < -0.3 is 9.84 Å². The van der Waals surface area contributed by atoms with E-state index in [9.17, 15) is 10.4 Å². The van der Waals surface area contributed by atoms with Crippen LogP contribution in [0.25, 0.3) is 0 Å². The normalized spacial score (nSPS) is 20.8. The zero-order chi connectivity index (χ0) is 18.0. The molecule has 1 aliphatic heterocycles. The van der Waals surface area contributed by atoms with E-state index in [1.807, 2.05) is 38.2 Å². The van der Waals surface area contributed by atoms with Gasteiger partial charge in [-0.3, -0.25) is 4.90 Å².